The summed E-state index contributed by atoms with van der Waals surface area (Å²) in [4.78, 5) is 1.33. The van der Waals surface area contributed by atoms with E-state index >= 15 is 0 Å². The van der Waals surface area contributed by atoms with Gasteiger partial charge < -0.3 is 4.74 Å². The molecule has 0 N–H and O–H groups in total. The minimum Gasteiger partial charge on any atom is -0.376 e. The van der Waals surface area contributed by atoms with Crippen molar-refractivity contribution < 1.29 is 4.74 Å². The van der Waals surface area contributed by atoms with Crippen LogP contribution in [-0.4, -0.2) is 12.2 Å². The summed E-state index contributed by atoms with van der Waals surface area (Å²) in [5, 5.41) is 2.09. The van der Waals surface area contributed by atoms with Crippen LogP contribution < -0.4 is 0 Å². The van der Waals surface area contributed by atoms with Crippen LogP contribution in [-0.2, 0) is 4.74 Å². The molecule has 0 spiro atoms. The van der Waals surface area contributed by atoms with Gasteiger partial charge in [-0.3, -0.25) is 0 Å². The van der Waals surface area contributed by atoms with Crippen molar-refractivity contribution in [2.75, 3.05) is 6.61 Å². The van der Waals surface area contributed by atoms with Crippen molar-refractivity contribution in [1.82, 2.24) is 0 Å². The summed E-state index contributed by atoms with van der Waals surface area (Å²) >= 11 is 1.77. The van der Waals surface area contributed by atoms with Gasteiger partial charge in [-0.15, -0.1) is 11.3 Å². The number of rotatable bonds is 4. The highest BCUT2D eigenvalue weighted by molar-refractivity contribution is 7.10. The van der Waals surface area contributed by atoms with Gasteiger partial charge in [-0.25, -0.2) is 0 Å². The topological polar surface area (TPSA) is 9.23 Å². The highest BCUT2D eigenvalue weighted by Crippen LogP contribution is 2.14. The zero-order valence-electron chi connectivity index (χ0n) is 8.54. The van der Waals surface area contributed by atoms with Crippen molar-refractivity contribution in [3.8, 4) is 0 Å². The maximum Gasteiger partial charge on any atom is 0.0598 e. The van der Waals surface area contributed by atoms with Crippen LogP contribution in [0, 0.1) is 6.42 Å². The number of ether oxygens (including phenoxy) is 1. The molecule has 73 valence electrons. The van der Waals surface area contributed by atoms with E-state index in [0.717, 1.165) is 13.0 Å². The smallest absolute Gasteiger partial charge is 0.0598 e. The predicted octanol–water partition coefficient (Wildman–Crippen LogP) is 3.51. The fourth-order valence-corrected chi connectivity index (χ4v) is 1.66. The molecule has 1 heterocycles. The Morgan fingerprint density at radius 3 is 2.77 bits per heavy atom. The van der Waals surface area contributed by atoms with E-state index < -0.39 is 0 Å². The Labute approximate surface area is 84.7 Å². The Kier molecular flexibility index (Phi) is 3.94. The molecule has 0 amide bonds. The normalized spacial score (nSPS) is 11.9. The van der Waals surface area contributed by atoms with Crippen molar-refractivity contribution in [1.29, 1.82) is 0 Å². The first-order chi connectivity index (χ1) is 6.08. The van der Waals surface area contributed by atoms with E-state index in [2.05, 4.69) is 44.7 Å². The fraction of sp³-hybridized carbons (Fsp3) is 0.545. The Hall–Kier alpha value is -0.340. The van der Waals surface area contributed by atoms with Gasteiger partial charge in [-0.2, -0.15) is 0 Å². The zero-order chi connectivity index (χ0) is 9.73. The van der Waals surface area contributed by atoms with Crippen LogP contribution in [0.2, 0.25) is 0 Å². The lowest BCUT2D eigenvalue weighted by atomic mass is 10.2. The molecule has 1 nitrogen and oxygen atoms in total. The highest BCUT2D eigenvalue weighted by Gasteiger charge is 2.08. The highest BCUT2D eigenvalue weighted by atomic mass is 32.1. The summed E-state index contributed by atoms with van der Waals surface area (Å²) in [6.45, 7) is 7.05. The first-order valence-corrected chi connectivity index (χ1v) is 5.46. The number of thiophene rings is 1. The molecule has 1 radical (unpaired) electrons. The summed E-state index contributed by atoms with van der Waals surface area (Å²) < 4.78 is 5.60. The van der Waals surface area contributed by atoms with E-state index in [1.54, 1.807) is 11.3 Å². The SMILES string of the molecule is CC(C)(C)OCC[CH]c1cccs1. The molecule has 0 saturated heterocycles. The van der Waals surface area contributed by atoms with Crippen LogP contribution in [0.1, 0.15) is 32.1 Å². The van der Waals surface area contributed by atoms with E-state index in [9.17, 15) is 0 Å². The molecule has 0 aliphatic heterocycles. The third-order valence-electron chi connectivity index (χ3n) is 1.54. The zero-order valence-corrected chi connectivity index (χ0v) is 9.36. The maximum atomic E-state index is 5.60. The third-order valence-corrected chi connectivity index (χ3v) is 2.41. The Morgan fingerprint density at radius 2 is 2.23 bits per heavy atom. The van der Waals surface area contributed by atoms with Gasteiger partial charge in [0.1, 0.15) is 0 Å². The molecule has 13 heavy (non-hydrogen) atoms. The van der Waals surface area contributed by atoms with Crippen molar-refractivity contribution in [3.05, 3.63) is 28.8 Å². The van der Waals surface area contributed by atoms with Crippen molar-refractivity contribution in [2.45, 2.75) is 32.8 Å². The largest absolute Gasteiger partial charge is 0.376 e. The Balaban J connectivity index is 2.09. The Bertz CT molecular complexity index is 221. The molecule has 0 fully saturated rings. The minimum absolute atomic E-state index is 0.0106. The molecular formula is C11H17OS. The lowest BCUT2D eigenvalue weighted by Crippen LogP contribution is -2.19. The molecule has 0 bridgehead atoms. The molecule has 1 rings (SSSR count). The second-order valence-electron chi connectivity index (χ2n) is 3.97. The molecule has 1 aromatic heterocycles. The lowest BCUT2D eigenvalue weighted by molar-refractivity contribution is -0.00103. The van der Waals surface area contributed by atoms with Crippen LogP contribution in [0.15, 0.2) is 17.5 Å². The van der Waals surface area contributed by atoms with E-state index in [1.807, 2.05) is 0 Å². The predicted molar refractivity (Wildman–Crippen MR) is 58.0 cm³/mol. The second kappa shape index (κ2) is 4.77. The molecule has 2 heteroatoms. The van der Waals surface area contributed by atoms with Crippen molar-refractivity contribution in [3.63, 3.8) is 0 Å². The van der Waals surface area contributed by atoms with Gasteiger partial charge in [-0.1, -0.05) is 6.07 Å². The average Bonchev–Trinajstić information content (AvgIpc) is 2.48. The van der Waals surface area contributed by atoms with Crippen LogP contribution in [0.5, 0.6) is 0 Å². The quantitative estimate of drug-likeness (QED) is 0.671. The molecular weight excluding hydrogens is 180 g/mol. The third kappa shape index (κ3) is 5.06. The van der Waals surface area contributed by atoms with Crippen LogP contribution in [0.25, 0.3) is 0 Å². The van der Waals surface area contributed by atoms with E-state index in [4.69, 9.17) is 4.74 Å². The lowest BCUT2D eigenvalue weighted by Gasteiger charge is -2.19. The average molecular weight is 197 g/mol. The van der Waals surface area contributed by atoms with E-state index in [-0.39, 0.29) is 5.60 Å². The second-order valence-corrected chi connectivity index (χ2v) is 4.95. The van der Waals surface area contributed by atoms with Crippen LogP contribution in [0.3, 0.4) is 0 Å². The summed E-state index contributed by atoms with van der Waals surface area (Å²) in [5.41, 5.74) is -0.0106. The first kappa shape index (κ1) is 10.7. The van der Waals surface area contributed by atoms with Crippen molar-refractivity contribution >= 4 is 11.3 Å². The molecule has 0 unspecified atom stereocenters. The van der Waals surface area contributed by atoms with Crippen LogP contribution in [0.4, 0.5) is 0 Å². The maximum absolute atomic E-state index is 5.60. The van der Waals surface area contributed by atoms with Crippen molar-refractivity contribution in [2.24, 2.45) is 0 Å². The summed E-state index contributed by atoms with van der Waals surface area (Å²) in [5.74, 6) is 0. The Morgan fingerprint density at radius 1 is 1.46 bits per heavy atom. The summed E-state index contributed by atoms with van der Waals surface area (Å²) in [6.07, 6.45) is 3.22. The molecule has 1 aromatic rings. The standard InChI is InChI=1S/C11H17OS/c1-11(2,3)12-8-4-6-10-7-5-9-13-10/h5-7,9H,4,8H2,1-3H3. The van der Waals surface area contributed by atoms with Gasteiger partial charge in [0.05, 0.1) is 5.60 Å². The fourth-order valence-electron chi connectivity index (χ4n) is 0.974. The number of hydrogen-bond donors (Lipinski definition) is 0. The monoisotopic (exact) mass is 197 g/mol. The summed E-state index contributed by atoms with van der Waals surface area (Å²) in [7, 11) is 0. The number of hydrogen-bond acceptors (Lipinski definition) is 2. The molecule has 0 aromatic carbocycles. The molecule has 0 aliphatic rings. The van der Waals surface area contributed by atoms with Gasteiger partial charge in [-0.05, 0) is 38.6 Å². The first-order valence-electron chi connectivity index (χ1n) is 4.58. The molecule has 0 saturated carbocycles. The minimum atomic E-state index is -0.0106. The molecule has 0 aliphatic carbocycles. The summed E-state index contributed by atoms with van der Waals surface area (Å²) in [6, 6.07) is 4.20. The van der Waals surface area contributed by atoms with Gasteiger partial charge in [0.25, 0.3) is 0 Å². The van der Waals surface area contributed by atoms with E-state index in [1.165, 1.54) is 4.88 Å². The van der Waals surface area contributed by atoms with Crippen LogP contribution >= 0.6 is 11.3 Å². The van der Waals surface area contributed by atoms with Gasteiger partial charge in [0.2, 0.25) is 0 Å². The van der Waals surface area contributed by atoms with E-state index in [0.29, 0.717) is 0 Å². The van der Waals surface area contributed by atoms with Gasteiger partial charge in [0.15, 0.2) is 0 Å². The van der Waals surface area contributed by atoms with Gasteiger partial charge >= 0.3 is 0 Å². The van der Waals surface area contributed by atoms with Gasteiger partial charge in [0, 0.05) is 17.9 Å². The molecule has 0 atom stereocenters.